The van der Waals surface area contributed by atoms with E-state index in [1.807, 2.05) is 48.5 Å². The van der Waals surface area contributed by atoms with E-state index in [9.17, 15) is 9.59 Å². The van der Waals surface area contributed by atoms with Crippen molar-refractivity contribution < 1.29 is 28.5 Å². The van der Waals surface area contributed by atoms with Crippen molar-refractivity contribution in [1.82, 2.24) is 0 Å². The number of rotatable bonds is 8. The van der Waals surface area contributed by atoms with Crippen LogP contribution in [0.5, 0.6) is 0 Å². The maximum Gasteiger partial charge on any atom is 0.452 e. The number of carbonyl (C=O) groups excluding carboxylic acids is 2. The Morgan fingerprint density at radius 1 is 0.793 bits per heavy atom. The number of hydrogen-bond acceptors (Lipinski definition) is 6. The van der Waals surface area contributed by atoms with Gasteiger partial charge in [-0.05, 0) is 35.4 Å². The van der Waals surface area contributed by atoms with E-state index in [4.69, 9.17) is 18.9 Å². The van der Waals surface area contributed by atoms with Crippen molar-refractivity contribution in [2.24, 2.45) is 0 Å². The number of carbonyl (C=O) groups is 2. The fourth-order valence-corrected chi connectivity index (χ4v) is 3.54. The van der Waals surface area contributed by atoms with Crippen LogP contribution in [0, 0.1) is 0 Å². The van der Waals surface area contributed by atoms with Gasteiger partial charge in [-0.25, -0.2) is 9.59 Å². The van der Waals surface area contributed by atoms with Crippen molar-refractivity contribution in [1.29, 1.82) is 0 Å². The van der Waals surface area contributed by atoms with Crippen molar-refractivity contribution in [3.05, 3.63) is 81.1 Å². The molecule has 2 aromatic rings. The van der Waals surface area contributed by atoms with Crippen LogP contribution in [0.3, 0.4) is 0 Å². The molecule has 1 heterocycles. The van der Waals surface area contributed by atoms with Gasteiger partial charge in [0.1, 0.15) is 12.5 Å². The number of esters is 2. The lowest BCUT2D eigenvalue weighted by atomic mass is 10.2. The molecule has 0 fully saturated rings. The zero-order valence-electron chi connectivity index (χ0n) is 15.3. The molecular formula is C21H18Br2O6. The van der Waals surface area contributed by atoms with E-state index >= 15 is 0 Å². The van der Waals surface area contributed by atoms with Crippen LogP contribution < -0.4 is 0 Å². The third kappa shape index (κ3) is 5.61. The maximum atomic E-state index is 12.5. The lowest BCUT2D eigenvalue weighted by molar-refractivity contribution is -0.217. The Hall–Kier alpha value is -2.32. The molecule has 152 valence electrons. The summed E-state index contributed by atoms with van der Waals surface area (Å²) in [5.74, 6) is -4.16. The number of halogens is 2. The van der Waals surface area contributed by atoms with E-state index in [2.05, 4.69) is 31.9 Å². The number of hydrogen-bond donors (Lipinski definition) is 0. The molecule has 8 heteroatoms. The Bertz CT molecular complexity index is 838. The molecule has 3 rings (SSSR count). The van der Waals surface area contributed by atoms with Crippen molar-refractivity contribution >= 4 is 43.8 Å². The minimum absolute atomic E-state index is 0.0646. The van der Waals surface area contributed by atoms with E-state index in [0.29, 0.717) is 12.8 Å². The van der Waals surface area contributed by atoms with Crippen LogP contribution in [0.2, 0.25) is 0 Å². The summed E-state index contributed by atoms with van der Waals surface area (Å²) in [4.78, 5) is 25.0. The zero-order valence-corrected chi connectivity index (χ0v) is 18.5. The van der Waals surface area contributed by atoms with Gasteiger partial charge in [-0.1, -0.05) is 56.1 Å². The van der Waals surface area contributed by atoms with Crippen molar-refractivity contribution in [3.63, 3.8) is 0 Å². The Morgan fingerprint density at radius 3 is 1.66 bits per heavy atom. The summed E-state index contributed by atoms with van der Waals surface area (Å²) in [6.07, 6.45) is 3.19. The Labute approximate surface area is 185 Å². The minimum atomic E-state index is -2.26. The highest BCUT2D eigenvalue weighted by molar-refractivity contribution is 9.10. The molecule has 29 heavy (non-hydrogen) atoms. The second kappa shape index (κ2) is 9.93. The minimum Gasteiger partial charge on any atom is -0.459 e. The summed E-state index contributed by atoms with van der Waals surface area (Å²) in [5, 5.41) is 0. The number of ether oxygens (including phenoxy) is 4. The quantitative estimate of drug-likeness (QED) is 0.378. The van der Waals surface area contributed by atoms with Crippen LogP contribution in [0.4, 0.5) is 0 Å². The first-order valence-corrected chi connectivity index (χ1v) is 10.4. The lowest BCUT2D eigenvalue weighted by Crippen LogP contribution is -2.50. The third-order valence-corrected chi connectivity index (χ3v) is 5.07. The van der Waals surface area contributed by atoms with Gasteiger partial charge in [-0.3, -0.25) is 0 Å². The van der Waals surface area contributed by atoms with Gasteiger partial charge in [-0.2, -0.15) is 0 Å². The molecule has 1 aliphatic heterocycles. The van der Waals surface area contributed by atoms with E-state index in [-0.39, 0.29) is 13.2 Å². The van der Waals surface area contributed by atoms with Crippen LogP contribution in [0.15, 0.2) is 70.0 Å². The topological polar surface area (TPSA) is 71.1 Å². The predicted octanol–water partition coefficient (Wildman–Crippen LogP) is 4.30. The molecule has 0 N–H and O–H groups in total. The van der Waals surface area contributed by atoms with Crippen LogP contribution in [0.1, 0.15) is 11.1 Å². The molecular weight excluding hydrogens is 508 g/mol. The van der Waals surface area contributed by atoms with Gasteiger partial charge in [0.05, 0.1) is 13.2 Å². The van der Waals surface area contributed by atoms with Gasteiger partial charge in [0, 0.05) is 21.8 Å². The molecule has 0 amide bonds. The van der Waals surface area contributed by atoms with E-state index < -0.39 is 17.7 Å². The highest BCUT2D eigenvalue weighted by atomic mass is 79.9. The molecule has 0 aliphatic carbocycles. The van der Waals surface area contributed by atoms with Crippen LogP contribution in [0.25, 0.3) is 0 Å². The van der Waals surface area contributed by atoms with E-state index in [1.165, 1.54) is 0 Å². The summed E-state index contributed by atoms with van der Waals surface area (Å²) >= 11 is 6.78. The molecule has 6 nitrogen and oxygen atoms in total. The molecule has 1 aliphatic rings. The second-order valence-corrected chi connectivity index (χ2v) is 7.99. The molecule has 0 unspecified atom stereocenters. The molecule has 0 saturated heterocycles. The monoisotopic (exact) mass is 524 g/mol. The third-order valence-electron chi connectivity index (χ3n) is 4.09. The summed E-state index contributed by atoms with van der Waals surface area (Å²) in [5.41, 5.74) is 1.95. The van der Waals surface area contributed by atoms with Gasteiger partial charge < -0.3 is 18.9 Å². The maximum absolute atomic E-state index is 12.5. The smallest absolute Gasteiger partial charge is 0.452 e. The highest BCUT2D eigenvalue weighted by Crippen LogP contribution is 2.24. The molecule has 0 bridgehead atoms. The molecule has 0 saturated carbocycles. The van der Waals surface area contributed by atoms with Crippen molar-refractivity contribution in [3.8, 4) is 0 Å². The lowest BCUT2D eigenvalue weighted by Gasteiger charge is -2.23. The van der Waals surface area contributed by atoms with Gasteiger partial charge in [0.15, 0.2) is 0 Å². The van der Waals surface area contributed by atoms with Crippen LogP contribution in [-0.2, 0) is 41.4 Å². The zero-order chi connectivity index (χ0) is 20.7. The van der Waals surface area contributed by atoms with Gasteiger partial charge in [0.25, 0.3) is 0 Å². The van der Waals surface area contributed by atoms with Crippen molar-refractivity contribution in [2.45, 2.75) is 18.6 Å². The van der Waals surface area contributed by atoms with Gasteiger partial charge in [-0.15, -0.1) is 0 Å². The van der Waals surface area contributed by atoms with E-state index in [1.54, 1.807) is 0 Å². The first kappa shape index (κ1) is 21.4. The summed E-state index contributed by atoms with van der Waals surface area (Å²) in [6, 6.07) is 15.2. The predicted molar refractivity (Wildman–Crippen MR) is 112 cm³/mol. The molecule has 0 atom stereocenters. The first-order chi connectivity index (χ1) is 14.0. The Kier molecular flexibility index (Phi) is 7.33. The van der Waals surface area contributed by atoms with Crippen LogP contribution in [-0.4, -0.2) is 30.9 Å². The van der Waals surface area contributed by atoms with Crippen LogP contribution >= 0.6 is 31.9 Å². The fourth-order valence-electron chi connectivity index (χ4n) is 2.65. The molecule has 0 aromatic heterocycles. The largest absolute Gasteiger partial charge is 0.459 e. The molecule has 2 aromatic carbocycles. The summed E-state index contributed by atoms with van der Waals surface area (Å²) < 4.78 is 22.6. The molecule has 0 radical (unpaired) electrons. The average molecular weight is 526 g/mol. The highest BCUT2D eigenvalue weighted by Gasteiger charge is 2.56. The fraction of sp³-hybridized carbons (Fsp3) is 0.238. The SMILES string of the molecule is O=C(OCCc1cccc(Br)c1)C1(C(=O)OCCc2cccc(Br)c2)OC=CO1. The van der Waals surface area contributed by atoms with Crippen molar-refractivity contribution in [2.75, 3.05) is 13.2 Å². The normalized spacial score (nSPS) is 14.0. The van der Waals surface area contributed by atoms with Gasteiger partial charge >= 0.3 is 17.7 Å². The molecule has 0 spiro atoms. The Morgan fingerprint density at radius 2 is 1.24 bits per heavy atom. The van der Waals surface area contributed by atoms with E-state index in [0.717, 1.165) is 32.6 Å². The second-order valence-electron chi connectivity index (χ2n) is 6.16. The Balaban J connectivity index is 1.53. The number of benzene rings is 2. The first-order valence-electron chi connectivity index (χ1n) is 8.83. The average Bonchev–Trinajstić information content (AvgIpc) is 3.19. The summed E-state index contributed by atoms with van der Waals surface area (Å²) in [6.45, 7) is 0.129. The summed E-state index contributed by atoms with van der Waals surface area (Å²) in [7, 11) is 0. The standard InChI is InChI=1S/C21H18Br2O6/c22-17-5-1-3-15(13-17)7-9-26-19(24)21(28-11-12-29-21)20(25)27-10-8-16-4-2-6-18(23)14-16/h1-6,11-14H,7-10H2. The van der Waals surface area contributed by atoms with Gasteiger partial charge in [0.2, 0.25) is 0 Å².